The average Bonchev–Trinajstić information content (AvgIpc) is 2.90. The van der Waals surface area contributed by atoms with Gasteiger partial charge in [-0.3, -0.25) is 4.79 Å². The third-order valence-electron chi connectivity index (χ3n) is 6.23. The molecule has 1 unspecified atom stereocenters. The van der Waals surface area contributed by atoms with E-state index in [0.29, 0.717) is 34.6 Å². The number of ether oxygens (including phenoxy) is 2. The minimum absolute atomic E-state index is 0.114. The van der Waals surface area contributed by atoms with Crippen LogP contribution in [0, 0.1) is 0 Å². The molecule has 2 heterocycles. The number of nitrogens with one attached hydrogen (secondary N) is 1. The van der Waals surface area contributed by atoms with E-state index in [-0.39, 0.29) is 22.1 Å². The van der Waals surface area contributed by atoms with Gasteiger partial charge in [-0.1, -0.05) is 36.2 Å². The number of nitrogens with zero attached hydrogens (tertiary/aromatic N) is 2. The van der Waals surface area contributed by atoms with E-state index in [1.165, 1.54) is 18.2 Å². The van der Waals surface area contributed by atoms with Gasteiger partial charge < -0.3 is 14.8 Å². The summed E-state index contributed by atoms with van der Waals surface area (Å²) in [4.78, 5) is 12.7. The van der Waals surface area contributed by atoms with E-state index in [9.17, 15) is 18.0 Å². The Morgan fingerprint density at radius 2 is 1.77 bits per heavy atom. The molecule has 0 radical (unpaired) electrons. The largest absolute Gasteiger partial charge is 0.493 e. The highest BCUT2D eigenvalue weighted by Crippen LogP contribution is 2.41. The Labute approximate surface area is 231 Å². The van der Waals surface area contributed by atoms with Gasteiger partial charge in [-0.15, -0.1) is 10.2 Å². The SMILES string of the molecule is CC1CCOc2cc(Oc3ccc(C(=O)Nc4ccc(-c5ccc(C(F)(F)F)cc5Cl)nn4)cc3)c(Cl)cc21. The Kier molecular flexibility index (Phi) is 7.38. The van der Waals surface area contributed by atoms with Crippen molar-refractivity contribution in [3.05, 3.63) is 93.5 Å². The van der Waals surface area contributed by atoms with Crippen LogP contribution in [0.15, 0.2) is 66.7 Å². The summed E-state index contributed by atoms with van der Waals surface area (Å²) in [6.45, 7) is 2.76. The molecule has 5 rings (SSSR count). The number of benzene rings is 3. The Hall–Kier alpha value is -3.82. The molecule has 1 aliphatic heterocycles. The van der Waals surface area contributed by atoms with Crippen LogP contribution in [0.4, 0.5) is 19.0 Å². The first kappa shape index (κ1) is 26.8. The molecule has 0 bridgehead atoms. The van der Waals surface area contributed by atoms with Crippen molar-refractivity contribution in [2.45, 2.75) is 25.4 Å². The van der Waals surface area contributed by atoms with Gasteiger partial charge in [-0.2, -0.15) is 13.2 Å². The van der Waals surface area contributed by atoms with Crippen LogP contribution < -0.4 is 14.8 Å². The van der Waals surface area contributed by atoms with Gasteiger partial charge in [0.05, 0.1) is 27.9 Å². The zero-order valence-electron chi connectivity index (χ0n) is 20.4. The van der Waals surface area contributed by atoms with Crippen molar-refractivity contribution in [2.24, 2.45) is 0 Å². The highest BCUT2D eigenvalue weighted by atomic mass is 35.5. The summed E-state index contributed by atoms with van der Waals surface area (Å²) in [6, 6.07) is 16.0. The maximum Gasteiger partial charge on any atom is 0.416 e. The third kappa shape index (κ3) is 5.94. The molecule has 1 aromatic heterocycles. The Morgan fingerprint density at radius 3 is 2.44 bits per heavy atom. The second-order valence-electron chi connectivity index (χ2n) is 8.94. The van der Waals surface area contributed by atoms with Crippen LogP contribution >= 0.6 is 23.2 Å². The van der Waals surface area contributed by atoms with E-state index in [0.717, 1.165) is 29.9 Å². The molecule has 0 aliphatic carbocycles. The van der Waals surface area contributed by atoms with E-state index in [4.69, 9.17) is 32.7 Å². The second-order valence-corrected chi connectivity index (χ2v) is 9.75. The molecule has 4 aromatic rings. The van der Waals surface area contributed by atoms with Crippen LogP contribution in [0.3, 0.4) is 0 Å². The molecule has 200 valence electrons. The van der Waals surface area contributed by atoms with Crippen molar-refractivity contribution < 1.29 is 27.4 Å². The topological polar surface area (TPSA) is 73.3 Å². The van der Waals surface area contributed by atoms with Crippen LogP contribution in [0.25, 0.3) is 11.3 Å². The fourth-order valence-electron chi connectivity index (χ4n) is 4.07. The predicted octanol–water partition coefficient (Wildman–Crippen LogP) is 8.40. The standard InChI is InChI=1S/C28H20Cl2F3N3O3/c1-15-10-11-38-24-14-25(22(30)13-20(15)24)39-18-5-2-16(3-6-18)27(37)34-26-9-8-23(35-36-26)19-7-4-17(12-21(19)29)28(31,32)33/h2-9,12-15H,10-11H2,1H3,(H,34,36,37). The molecule has 3 aromatic carbocycles. The van der Waals surface area contributed by atoms with Crippen molar-refractivity contribution in [2.75, 3.05) is 11.9 Å². The molecule has 1 amide bonds. The molecular formula is C28H20Cl2F3N3O3. The summed E-state index contributed by atoms with van der Waals surface area (Å²) in [5.41, 5.74) is 1.07. The maximum atomic E-state index is 12.9. The number of hydrogen-bond acceptors (Lipinski definition) is 5. The maximum absolute atomic E-state index is 12.9. The number of rotatable bonds is 5. The van der Waals surface area contributed by atoms with Gasteiger partial charge in [0.1, 0.15) is 17.2 Å². The summed E-state index contributed by atoms with van der Waals surface area (Å²) >= 11 is 12.4. The van der Waals surface area contributed by atoms with Gasteiger partial charge in [-0.25, -0.2) is 0 Å². The van der Waals surface area contributed by atoms with E-state index >= 15 is 0 Å². The van der Waals surface area contributed by atoms with Crippen molar-refractivity contribution in [1.29, 1.82) is 0 Å². The van der Waals surface area contributed by atoms with E-state index in [1.54, 1.807) is 30.3 Å². The van der Waals surface area contributed by atoms with Gasteiger partial charge in [0.2, 0.25) is 0 Å². The van der Waals surface area contributed by atoms with Gasteiger partial charge in [0, 0.05) is 17.2 Å². The Morgan fingerprint density at radius 1 is 1.00 bits per heavy atom. The summed E-state index contributed by atoms with van der Waals surface area (Å²) in [5, 5.41) is 10.9. The quantitative estimate of drug-likeness (QED) is 0.259. The average molecular weight is 574 g/mol. The van der Waals surface area contributed by atoms with Crippen LogP contribution in [0.5, 0.6) is 17.2 Å². The van der Waals surface area contributed by atoms with Crippen LogP contribution in [0.2, 0.25) is 10.0 Å². The first-order valence-electron chi connectivity index (χ1n) is 11.8. The monoisotopic (exact) mass is 573 g/mol. The lowest BCUT2D eigenvalue weighted by Gasteiger charge is -2.24. The van der Waals surface area contributed by atoms with Gasteiger partial charge in [-0.05, 0) is 72.5 Å². The van der Waals surface area contributed by atoms with E-state index in [1.807, 2.05) is 6.07 Å². The molecule has 1 atom stereocenters. The summed E-state index contributed by atoms with van der Waals surface area (Å²) < 4.78 is 50.3. The Bertz CT molecular complexity index is 1530. The molecule has 0 saturated heterocycles. The molecular weight excluding hydrogens is 554 g/mol. The summed E-state index contributed by atoms with van der Waals surface area (Å²) in [5.74, 6) is 1.74. The summed E-state index contributed by atoms with van der Waals surface area (Å²) in [7, 11) is 0. The fourth-order valence-corrected chi connectivity index (χ4v) is 4.56. The number of amides is 1. The number of hydrogen-bond donors (Lipinski definition) is 1. The first-order valence-corrected chi connectivity index (χ1v) is 12.6. The number of carbonyl (C=O) groups is 1. The number of halogens is 5. The van der Waals surface area contributed by atoms with Gasteiger partial charge in [0.25, 0.3) is 5.91 Å². The van der Waals surface area contributed by atoms with Crippen LogP contribution in [0.1, 0.15) is 40.7 Å². The molecule has 0 fully saturated rings. The lowest BCUT2D eigenvalue weighted by molar-refractivity contribution is -0.137. The number of anilines is 1. The van der Waals surface area contributed by atoms with Crippen molar-refractivity contribution in [1.82, 2.24) is 10.2 Å². The number of alkyl halides is 3. The lowest BCUT2D eigenvalue weighted by atomic mass is 9.95. The molecule has 11 heteroatoms. The normalized spacial score (nSPS) is 14.8. The predicted molar refractivity (Wildman–Crippen MR) is 142 cm³/mol. The van der Waals surface area contributed by atoms with Crippen LogP contribution in [-0.2, 0) is 6.18 Å². The van der Waals surface area contributed by atoms with Gasteiger partial charge >= 0.3 is 6.18 Å². The van der Waals surface area contributed by atoms with E-state index in [2.05, 4.69) is 22.4 Å². The second kappa shape index (κ2) is 10.7. The van der Waals surface area contributed by atoms with Gasteiger partial charge in [0.15, 0.2) is 5.82 Å². The minimum atomic E-state index is -4.51. The Balaban J connectivity index is 1.24. The number of carbonyl (C=O) groups excluding carboxylic acids is 1. The smallest absolute Gasteiger partial charge is 0.416 e. The zero-order chi connectivity index (χ0) is 27.7. The molecule has 0 saturated carbocycles. The van der Waals surface area contributed by atoms with E-state index < -0.39 is 17.6 Å². The molecule has 1 aliphatic rings. The fraction of sp³-hybridized carbons (Fsp3) is 0.179. The van der Waals surface area contributed by atoms with Crippen molar-refractivity contribution in [3.63, 3.8) is 0 Å². The van der Waals surface area contributed by atoms with Crippen LogP contribution in [-0.4, -0.2) is 22.7 Å². The molecule has 6 nitrogen and oxygen atoms in total. The van der Waals surface area contributed by atoms with Crippen molar-refractivity contribution >= 4 is 34.9 Å². The third-order valence-corrected chi connectivity index (χ3v) is 6.83. The van der Waals surface area contributed by atoms with Crippen molar-refractivity contribution in [3.8, 4) is 28.5 Å². The highest BCUT2D eigenvalue weighted by molar-refractivity contribution is 6.33. The molecule has 39 heavy (non-hydrogen) atoms. The number of aromatic nitrogens is 2. The highest BCUT2D eigenvalue weighted by Gasteiger charge is 2.31. The number of fused-ring (bicyclic) bond motifs is 1. The molecule has 1 N–H and O–H groups in total. The lowest BCUT2D eigenvalue weighted by Crippen LogP contribution is -2.13. The zero-order valence-corrected chi connectivity index (χ0v) is 21.9. The summed E-state index contributed by atoms with van der Waals surface area (Å²) in [6.07, 6.45) is -3.58. The first-order chi connectivity index (χ1) is 18.6. The molecule has 0 spiro atoms. The minimum Gasteiger partial charge on any atom is -0.493 e.